The SMILES string of the molecule is COCCN(CC(=O)O)C(=O)[C@@H]1CCN(C)C(=O)C1. The molecule has 0 aromatic rings. The molecular formula is C12H20N2O5. The van der Waals surface area contributed by atoms with E-state index in [0.29, 0.717) is 13.0 Å². The zero-order chi connectivity index (χ0) is 14.4. The van der Waals surface area contributed by atoms with Crippen molar-refractivity contribution in [3.63, 3.8) is 0 Å². The zero-order valence-electron chi connectivity index (χ0n) is 11.3. The number of hydrogen-bond donors (Lipinski definition) is 1. The van der Waals surface area contributed by atoms with Gasteiger partial charge in [-0.1, -0.05) is 0 Å². The van der Waals surface area contributed by atoms with E-state index in [4.69, 9.17) is 9.84 Å². The van der Waals surface area contributed by atoms with Gasteiger partial charge in [-0.2, -0.15) is 0 Å². The number of piperidine rings is 1. The Balaban J connectivity index is 2.64. The fraction of sp³-hybridized carbons (Fsp3) is 0.750. The molecule has 0 saturated carbocycles. The average Bonchev–Trinajstić information content (AvgIpc) is 2.36. The summed E-state index contributed by atoms with van der Waals surface area (Å²) in [7, 11) is 3.19. The van der Waals surface area contributed by atoms with Gasteiger partial charge in [-0.25, -0.2) is 0 Å². The highest BCUT2D eigenvalue weighted by Gasteiger charge is 2.32. The third kappa shape index (κ3) is 4.51. The minimum absolute atomic E-state index is 0.0772. The van der Waals surface area contributed by atoms with Gasteiger partial charge in [0, 0.05) is 39.6 Å². The van der Waals surface area contributed by atoms with Gasteiger partial charge in [0.2, 0.25) is 11.8 Å². The van der Waals surface area contributed by atoms with Crippen molar-refractivity contribution in [2.75, 3.05) is 40.4 Å². The Hall–Kier alpha value is -1.63. The van der Waals surface area contributed by atoms with Crippen molar-refractivity contribution in [3.05, 3.63) is 0 Å². The molecule has 0 unspecified atom stereocenters. The monoisotopic (exact) mass is 272 g/mol. The minimum Gasteiger partial charge on any atom is -0.480 e. The smallest absolute Gasteiger partial charge is 0.323 e. The van der Waals surface area contributed by atoms with E-state index in [1.54, 1.807) is 11.9 Å². The second-order valence-electron chi connectivity index (χ2n) is 4.65. The first-order valence-corrected chi connectivity index (χ1v) is 6.19. The van der Waals surface area contributed by atoms with E-state index in [1.165, 1.54) is 12.0 Å². The van der Waals surface area contributed by atoms with E-state index in [0.717, 1.165) is 0 Å². The summed E-state index contributed by atoms with van der Waals surface area (Å²) in [4.78, 5) is 37.4. The average molecular weight is 272 g/mol. The van der Waals surface area contributed by atoms with Gasteiger partial charge in [0.05, 0.1) is 6.61 Å². The third-order valence-corrected chi connectivity index (χ3v) is 3.21. The lowest BCUT2D eigenvalue weighted by atomic mass is 9.95. The first-order valence-electron chi connectivity index (χ1n) is 6.19. The number of hydrogen-bond acceptors (Lipinski definition) is 4. The van der Waals surface area contributed by atoms with Crippen LogP contribution in [0.5, 0.6) is 0 Å². The van der Waals surface area contributed by atoms with Crippen LogP contribution in [0.2, 0.25) is 0 Å². The van der Waals surface area contributed by atoms with E-state index in [9.17, 15) is 14.4 Å². The molecule has 1 atom stereocenters. The number of amides is 2. The molecule has 0 aromatic carbocycles. The fourth-order valence-electron chi connectivity index (χ4n) is 2.04. The molecule has 0 spiro atoms. The summed E-state index contributed by atoms with van der Waals surface area (Å²) in [5.41, 5.74) is 0. The molecule has 19 heavy (non-hydrogen) atoms. The van der Waals surface area contributed by atoms with Gasteiger partial charge in [-0.3, -0.25) is 14.4 Å². The molecule has 1 aliphatic heterocycles. The molecule has 0 aromatic heterocycles. The molecule has 7 heteroatoms. The van der Waals surface area contributed by atoms with Crippen LogP contribution in [0.4, 0.5) is 0 Å². The highest BCUT2D eigenvalue weighted by molar-refractivity contribution is 5.88. The molecule has 7 nitrogen and oxygen atoms in total. The lowest BCUT2D eigenvalue weighted by Gasteiger charge is -2.31. The molecule has 1 N–H and O–H groups in total. The van der Waals surface area contributed by atoms with Gasteiger partial charge < -0.3 is 19.6 Å². The summed E-state index contributed by atoms with van der Waals surface area (Å²) < 4.78 is 4.87. The van der Waals surface area contributed by atoms with Crippen molar-refractivity contribution in [3.8, 4) is 0 Å². The Kier molecular flexibility index (Phi) is 5.75. The maximum absolute atomic E-state index is 12.2. The molecule has 0 bridgehead atoms. The maximum atomic E-state index is 12.2. The Bertz CT molecular complexity index is 358. The number of aliphatic carboxylic acids is 1. The Morgan fingerprint density at radius 3 is 2.74 bits per heavy atom. The van der Waals surface area contributed by atoms with Crippen LogP contribution >= 0.6 is 0 Å². The van der Waals surface area contributed by atoms with Gasteiger partial charge >= 0.3 is 5.97 Å². The van der Waals surface area contributed by atoms with Crippen molar-refractivity contribution in [2.45, 2.75) is 12.8 Å². The molecular weight excluding hydrogens is 252 g/mol. The van der Waals surface area contributed by atoms with Crippen molar-refractivity contribution in [2.24, 2.45) is 5.92 Å². The van der Waals surface area contributed by atoms with Crippen molar-refractivity contribution >= 4 is 17.8 Å². The van der Waals surface area contributed by atoms with Gasteiger partial charge in [-0.05, 0) is 6.42 Å². The lowest BCUT2D eigenvalue weighted by molar-refractivity contribution is -0.149. The van der Waals surface area contributed by atoms with Gasteiger partial charge in [-0.15, -0.1) is 0 Å². The van der Waals surface area contributed by atoms with Gasteiger partial charge in [0.1, 0.15) is 6.54 Å². The molecule has 0 radical (unpaired) electrons. The van der Waals surface area contributed by atoms with E-state index >= 15 is 0 Å². The van der Waals surface area contributed by atoms with Crippen molar-refractivity contribution in [1.29, 1.82) is 0 Å². The number of carboxylic acids is 1. The second kappa shape index (κ2) is 7.08. The maximum Gasteiger partial charge on any atom is 0.323 e. The number of carbonyl (C=O) groups excluding carboxylic acids is 2. The number of likely N-dealkylation sites (tertiary alicyclic amines) is 1. The number of methoxy groups -OCH3 is 1. The normalized spacial score (nSPS) is 19.4. The molecule has 2 amide bonds. The fourth-order valence-corrected chi connectivity index (χ4v) is 2.04. The summed E-state index contributed by atoms with van der Waals surface area (Å²) in [6, 6.07) is 0. The summed E-state index contributed by atoms with van der Waals surface area (Å²) in [5.74, 6) is -1.84. The predicted molar refractivity (Wildman–Crippen MR) is 66.5 cm³/mol. The number of rotatable bonds is 6. The van der Waals surface area contributed by atoms with Crippen LogP contribution in [0, 0.1) is 5.92 Å². The Morgan fingerprint density at radius 2 is 2.21 bits per heavy atom. The van der Waals surface area contributed by atoms with Crippen LogP contribution in [0.1, 0.15) is 12.8 Å². The highest BCUT2D eigenvalue weighted by Crippen LogP contribution is 2.19. The summed E-state index contributed by atoms with van der Waals surface area (Å²) in [5, 5.41) is 8.81. The predicted octanol–water partition coefficient (Wildman–Crippen LogP) is -0.586. The van der Waals surface area contributed by atoms with E-state index in [-0.39, 0.29) is 37.9 Å². The summed E-state index contributed by atoms with van der Waals surface area (Å²) in [6.07, 6.45) is 0.725. The summed E-state index contributed by atoms with van der Waals surface area (Å²) >= 11 is 0. The topological polar surface area (TPSA) is 87.2 Å². The number of carbonyl (C=O) groups is 3. The molecule has 1 rings (SSSR count). The largest absolute Gasteiger partial charge is 0.480 e. The first kappa shape index (κ1) is 15.4. The van der Waals surface area contributed by atoms with Gasteiger partial charge in [0.25, 0.3) is 0 Å². The van der Waals surface area contributed by atoms with Crippen LogP contribution < -0.4 is 0 Å². The summed E-state index contributed by atoms with van der Waals surface area (Å²) in [6.45, 7) is 0.672. The molecule has 1 aliphatic rings. The first-order chi connectivity index (χ1) is 8.95. The van der Waals surface area contributed by atoms with E-state index in [1.807, 2.05) is 0 Å². The quantitative estimate of drug-likeness (QED) is 0.698. The molecule has 0 aliphatic carbocycles. The molecule has 1 saturated heterocycles. The number of nitrogens with zero attached hydrogens (tertiary/aromatic N) is 2. The van der Waals surface area contributed by atoms with Crippen LogP contribution in [0.15, 0.2) is 0 Å². The standard InChI is InChI=1S/C12H20N2O5/c1-13-4-3-9(7-10(13)15)12(18)14(5-6-19-2)8-11(16)17/h9H,3-8H2,1-2H3,(H,16,17)/t9-/m1/s1. The Labute approximate surface area is 112 Å². The van der Waals surface area contributed by atoms with E-state index < -0.39 is 11.9 Å². The van der Waals surface area contributed by atoms with Crippen molar-refractivity contribution in [1.82, 2.24) is 9.80 Å². The van der Waals surface area contributed by atoms with Crippen LogP contribution in [-0.2, 0) is 19.1 Å². The van der Waals surface area contributed by atoms with E-state index in [2.05, 4.69) is 0 Å². The molecule has 1 fully saturated rings. The third-order valence-electron chi connectivity index (χ3n) is 3.21. The van der Waals surface area contributed by atoms with Gasteiger partial charge in [0.15, 0.2) is 0 Å². The number of ether oxygens (including phenoxy) is 1. The highest BCUT2D eigenvalue weighted by atomic mass is 16.5. The Morgan fingerprint density at radius 1 is 1.53 bits per heavy atom. The van der Waals surface area contributed by atoms with Crippen LogP contribution in [0.25, 0.3) is 0 Å². The van der Waals surface area contributed by atoms with Crippen molar-refractivity contribution < 1.29 is 24.2 Å². The van der Waals surface area contributed by atoms with Crippen LogP contribution in [-0.4, -0.2) is 73.1 Å². The minimum atomic E-state index is -1.07. The number of carboxylic acid groups (broad SMARTS) is 1. The zero-order valence-corrected chi connectivity index (χ0v) is 11.3. The second-order valence-corrected chi connectivity index (χ2v) is 4.65. The lowest BCUT2D eigenvalue weighted by Crippen LogP contribution is -2.46. The molecule has 108 valence electrons. The van der Waals surface area contributed by atoms with Crippen LogP contribution in [0.3, 0.4) is 0 Å². The molecule has 1 heterocycles.